The van der Waals surface area contributed by atoms with Crippen molar-refractivity contribution < 1.29 is 22.9 Å². The summed E-state index contributed by atoms with van der Waals surface area (Å²) >= 11 is 4.25. The maximum absolute atomic E-state index is 10.3. The molecule has 0 heterocycles. The maximum atomic E-state index is 10.3. The average molecular weight is 198 g/mol. The van der Waals surface area contributed by atoms with Gasteiger partial charge in [-0.15, -0.1) is 0 Å². The Hall–Kier alpha value is -0.530. The van der Waals surface area contributed by atoms with Crippen LogP contribution in [0.3, 0.4) is 0 Å². The number of carbonyl (C=O) groups is 1. The third-order valence-corrected chi connectivity index (χ3v) is 2.25. The average Bonchev–Trinajstić information content (AvgIpc) is 1.79. The third-order valence-electron chi connectivity index (χ3n) is 0.945. The van der Waals surface area contributed by atoms with E-state index in [1.54, 1.807) is 0 Å². The fraction of sp³-hybridized carbons (Fsp3) is 0.500. The zero-order chi connectivity index (χ0) is 9.07. The van der Waals surface area contributed by atoms with Crippen molar-refractivity contribution in [3.63, 3.8) is 0 Å². The van der Waals surface area contributed by atoms with Gasteiger partial charge in [0.2, 0.25) is 0 Å². The Balaban J connectivity index is 4.62. The molecular formula is C4H6O5S2. The Morgan fingerprint density at radius 1 is 1.64 bits per heavy atom. The molecule has 0 aliphatic heterocycles. The van der Waals surface area contributed by atoms with Crippen LogP contribution in [-0.2, 0) is 14.9 Å². The molecule has 0 aromatic heterocycles. The number of hydrogen-bond donors (Lipinski definition) is 2. The second-order valence-electron chi connectivity index (χ2n) is 1.74. The van der Waals surface area contributed by atoms with Gasteiger partial charge in [0, 0.05) is 6.42 Å². The predicted molar refractivity (Wildman–Crippen MR) is 41.2 cm³/mol. The minimum atomic E-state index is -4.52. The van der Waals surface area contributed by atoms with E-state index in [1.165, 1.54) is 0 Å². The Labute approximate surface area is 68.8 Å². The Morgan fingerprint density at radius 3 is 2.18 bits per heavy atom. The lowest BCUT2D eigenvalue weighted by molar-refractivity contribution is -0.136. The van der Waals surface area contributed by atoms with Gasteiger partial charge in [0.1, 0.15) is 0 Å². The molecule has 0 aromatic carbocycles. The summed E-state index contributed by atoms with van der Waals surface area (Å²) in [5.74, 6) is -1.60. The van der Waals surface area contributed by atoms with E-state index in [0.717, 1.165) is 5.37 Å². The van der Waals surface area contributed by atoms with Crippen LogP contribution in [0.1, 0.15) is 6.42 Å². The van der Waals surface area contributed by atoms with Crippen molar-refractivity contribution in [1.82, 2.24) is 0 Å². The minimum Gasteiger partial charge on any atom is -0.480 e. The maximum Gasteiger partial charge on any atom is 0.324 e. The number of carboxylic acids is 1. The third kappa shape index (κ3) is 3.40. The van der Waals surface area contributed by atoms with E-state index >= 15 is 0 Å². The monoisotopic (exact) mass is 198 g/mol. The standard InChI is InChI=1S/C4H6O5S2/c5-4(6)3(1-2-10)11(7,8)9/h2-3H,1H2,(H,5,6)(H,7,8,9). The van der Waals surface area contributed by atoms with Gasteiger partial charge in [-0.05, 0) is 5.37 Å². The molecule has 11 heavy (non-hydrogen) atoms. The Bertz CT molecular complexity index is 254. The van der Waals surface area contributed by atoms with Gasteiger partial charge < -0.3 is 5.11 Å². The van der Waals surface area contributed by atoms with Gasteiger partial charge in [0.15, 0.2) is 5.25 Å². The largest absolute Gasteiger partial charge is 0.480 e. The summed E-state index contributed by atoms with van der Waals surface area (Å²) in [6.07, 6.45) is -0.372. The molecule has 1 unspecified atom stereocenters. The highest BCUT2D eigenvalue weighted by Gasteiger charge is 2.29. The van der Waals surface area contributed by atoms with Crippen LogP contribution in [0.4, 0.5) is 0 Å². The van der Waals surface area contributed by atoms with Crippen molar-refractivity contribution in [1.29, 1.82) is 0 Å². The highest BCUT2D eigenvalue weighted by molar-refractivity contribution is 7.87. The first-order valence-corrected chi connectivity index (χ1v) is 4.49. The lowest BCUT2D eigenvalue weighted by atomic mass is 10.3. The second kappa shape index (κ2) is 3.74. The van der Waals surface area contributed by atoms with Gasteiger partial charge in [-0.3, -0.25) is 9.35 Å². The summed E-state index contributed by atoms with van der Waals surface area (Å²) in [4.78, 5) is 10.1. The molecule has 0 fully saturated rings. The predicted octanol–water partition coefficient (Wildman–Crippen LogP) is -0.283. The number of carboxylic acid groups (broad SMARTS) is 1. The van der Waals surface area contributed by atoms with Gasteiger partial charge in [0.25, 0.3) is 10.1 Å². The Kier molecular flexibility index (Phi) is 3.56. The molecule has 0 radical (unpaired) electrons. The van der Waals surface area contributed by atoms with Crippen molar-refractivity contribution in [3.05, 3.63) is 0 Å². The number of rotatable bonds is 4. The fourth-order valence-electron chi connectivity index (χ4n) is 0.437. The highest BCUT2D eigenvalue weighted by atomic mass is 32.2. The molecule has 7 heteroatoms. The lowest BCUT2D eigenvalue weighted by Crippen LogP contribution is -2.29. The zero-order valence-corrected chi connectivity index (χ0v) is 6.93. The van der Waals surface area contributed by atoms with Crippen LogP contribution in [0.15, 0.2) is 0 Å². The molecule has 0 aliphatic rings. The van der Waals surface area contributed by atoms with E-state index in [0.29, 0.717) is 0 Å². The smallest absolute Gasteiger partial charge is 0.324 e. The summed E-state index contributed by atoms with van der Waals surface area (Å²) < 4.78 is 28.8. The van der Waals surface area contributed by atoms with E-state index < -0.39 is 21.3 Å². The van der Waals surface area contributed by atoms with Crippen LogP contribution in [0.2, 0.25) is 0 Å². The SMILES string of the molecule is O=C(O)C(CC=S)S(=O)(=O)O. The highest BCUT2D eigenvalue weighted by Crippen LogP contribution is 2.02. The normalized spacial score (nSPS) is 13.9. The molecule has 1 atom stereocenters. The summed E-state index contributed by atoms with van der Waals surface area (Å²) in [6.45, 7) is 0. The van der Waals surface area contributed by atoms with E-state index in [-0.39, 0.29) is 6.42 Å². The van der Waals surface area contributed by atoms with Crippen LogP contribution in [-0.4, -0.2) is 34.7 Å². The number of aliphatic carboxylic acids is 1. The molecule has 0 spiro atoms. The topological polar surface area (TPSA) is 91.7 Å². The molecule has 0 saturated heterocycles. The van der Waals surface area contributed by atoms with Gasteiger partial charge in [0.05, 0.1) is 0 Å². The van der Waals surface area contributed by atoms with Gasteiger partial charge in [-0.1, -0.05) is 12.2 Å². The first-order valence-electron chi connectivity index (χ1n) is 2.52. The van der Waals surface area contributed by atoms with Crippen molar-refractivity contribution >= 4 is 33.7 Å². The van der Waals surface area contributed by atoms with Gasteiger partial charge in [-0.25, -0.2) is 0 Å². The van der Waals surface area contributed by atoms with Crippen LogP contribution in [0.5, 0.6) is 0 Å². The van der Waals surface area contributed by atoms with Crippen LogP contribution < -0.4 is 0 Å². The van der Waals surface area contributed by atoms with E-state index in [4.69, 9.17) is 9.66 Å². The molecule has 0 saturated carbocycles. The first-order chi connectivity index (χ1) is 4.89. The zero-order valence-electron chi connectivity index (χ0n) is 5.30. The molecule has 0 amide bonds. The van der Waals surface area contributed by atoms with Crippen LogP contribution >= 0.6 is 12.2 Å². The van der Waals surface area contributed by atoms with Crippen molar-refractivity contribution in [2.75, 3.05) is 0 Å². The molecule has 2 N–H and O–H groups in total. The Morgan fingerprint density at radius 2 is 2.09 bits per heavy atom. The van der Waals surface area contributed by atoms with Gasteiger partial charge in [-0.2, -0.15) is 8.42 Å². The molecule has 64 valence electrons. The van der Waals surface area contributed by atoms with Crippen LogP contribution in [0.25, 0.3) is 0 Å². The number of hydrogen-bond acceptors (Lipinski definition) is 4. The van der Waals surface area contributed by atoms with E-state index in [2.05, 4.69) is 12.2 Å². The quantitative estimate of drug-likeness (QED) is 0.476. The second-order valence-corrected chi connectivity index (χ2v) is 3.68. The molecule has 0 aromatic rings. The first kappa shape index (κ1) is 10.5. The van der Waals surface area contributed by atoms with Crippen molar-refractivity contribution in [2.45, 2.75) is 11.7 Å². The molecule has 0 rings (SSSR count). The summed E-state index contributed by atoms with van der Waals surface area (Å²) in [7, 11) is -4.52. The lowest BCUT2D eigenvalue weighted by Gasteiger charge is -2.03. The van der Waals surface area contributed by atoms with E-state index in [9.17, 15) is 13.2 Å². The van der Waals surface area contributed by atoms with Crippen molar-refractivity contribution in [3.8, 4) is 0 Å². The minimum absolute atomic E-state index is 0.372. The summed E-state index contributed by atoms with van der Waals surface area (Å²) in [6, 6.07) is 0. The summed E-state index contributed by atoms with van der Waals surface area (Å²) in [5.41, 5.74) is 0. The molecular weight excluding hydrogens is 192 g/mol. The van der Waals surface area contributed by atoms with Crippen LogP contribution in [0, 0.1) is 0 Å². The summed E-state index contributed by atoms with van der Waals surface area (Å²) in [5, 5.41) is 7.35. The fourth-order valence-corrected chi connectivity index (χ4v) is 1.35. The molecule has 0 bridgehead atoms. The molecule has 0 aliphatic carbocycles. The van der Waals surface area contributed by atoms with Crippen molar-refractivity contribution in [2.24, 2.45) is 0 Å². The molecule has 5 nitrogen and oxygen atoms in total. The van der Waals surface area contributed by atoms with E-state index in [1.807, 2.05) is 0 Å². The number of thiocarbonyl (C=S) groups is 1. The van der Waals surface area contributed by atoms with Gasteiger partial charge >= 0.3 is 5.97 Å².